The van der Waals surface area contributed by atoms with Crippen molar-refractivity contribution in [2.75, 3.05) is 12.8 Å². The zero-order chi connectivity index (χ0) is 13.7. The lowest BCUT2D eigenvalue weighted by atomic mass is 10.1. The Kier molecular flexibility index (Phi) is 4.36. The van der Waals surface area contributed by atoms with Gasteiger partial charge in [0.15, 0.2) is 11.6 Å². The molecule has 0 aromatic heterocycles. The summed E-state index contributed by atoms with van der Waals surface area (Å²) in [6, 6.07) is 12.7. The van der Waals surface area contributed by atoms with Gasteiger partial charge in [0.25, 0.3) is 0 Å². The molecule has 100 valence electrons. The van der Waals surface area contributed by atoms with Gasteiger partial charge in [-0.2, -0.15) is 0 Å². The van der Waals surface area contributed by atoms with Crippen molar-refractivity contribution in [1.82, 2.24) is 5.32 Å². The molecule has 0 aliphatic carbocycles. The van der Waals surface area contributed by atoms with Crippen LogP contribution in [0, 0.1) is 5.82 Å². The molecule has 2 rings (SSSR count). The molecule has 2 aromatic rings. The molecule has 19 heavy (non-hydrogen) atoms. The number of halogens is 1. The van der Waals surface area contributed by atoms with Crippen molar-refractivity contribution < 1.29 is 9.13 Å². The fourth-order valence-electron chi connectivity index (χ4n) is 1.89. The number of benzene rings is 2. The summed E-state index contributed by atoms with van der Waals surface area (Å²) in [7, 11) is 1.79. The third kappa shape index (κ3) is 3.45. The van der Waals surface area contributed by atoms with E-state index in [0.29, 0.717) is 18.8 Å². The third-order valence-corrected chi connectivity index (χ3v) is 2.74. The molecule has 4 heteroatoms. The highest BCUT2D eigenvalue weighted by Gasteiger charge is 2.11. The SMILES string of the molecule is CNCc1cc(N)cc(F)c1OCc1ccccc1. The van der Waals surface area contributed by atoms with Gasteiger partial charge in [-0.3, -0.25) is 0 Å². The molecule has 0 heterocycles. The summed E-state index contributed by atoms with van der Waals surface area (Å²) in [5, 5.41) is 2.97. The van der Waals surface area contributed by atoms with E-state index in [1.807, 2.05) is 30.3 Å². The van der Waals surface area contributed by atoms with Gasteiger partial charge in [0, 0.05) is 23.9 Å². The van der Waals surface area contributed by atoms with Gasteiger partial charge >= 0.3 is 0 Å². The maximum Gasteiger partial charge on any atom is 0.167 e. The minimum Gasteiger partial charge on any atom is -0.485 e. The van der Waals surface area contributed by atoms with Crippen molar-refractivity contribution in [2.24, 2.45) is 0 Å². The quantitative estimate of drug-likeness (QED) is 0.813. The first-order valence-electron chi connectivity index (χ1n) is 6.10. The number of anilines is 1. The second-order valence-electron chi connectivity index (χ2n) is 4.30. The van der Waals surface area contributed by atoms with E-state index in [0.717, 1.165) is 11.1 Å². The molecule has 0 fully saturated rings. The van der Waals surface area contributed by atoms with Crippen LogP contribution in [0.4, 0.5) is 10.1 Å². The lowest BCUT2D eigenvalue weighted by Crippen LogP contribution is -2.09. The number of rotatable bonds is 5. The zero-order valence-corrected chi connectivity index (χ0v) is 10.8. The Labute approximate surface area is 112 Å². The second kappa shape index (κ2) is 6.20. The van der Waals surface area contributed by atoms with Crippen LogP contribution in [0.5, 0.6) is 5.75 Å². The topological polar surface area (TPSA) is 47.3 Å². The van der Waals surface area contributed by atoms with Gasteiger partial charge in [0.1, 0.15) is 6.61 Å². The molecule has 0 atom stereocenters. The zero-order valence-electron chi connectivity index (χ0n) is 10.8. The van der Waals surface area contributed by atoms with Crippen molar-refractivity contribution in [3.8, 4) is 5.75 Å². The summed E-state index contributed by atoms with van der Waals surface area (Å²) < 4.78 is 19.5. The number of nitrogens with two attached hydrogens (primary N) is 1. The Morgan fingerprint density at radius 3 is 2.63 bits per heavy atom. The summed E-state index contributed by atoms with van der Waals surface area (Å²) in [6.45, 7) is 0.838. The summed E-state index contributed by atoms with van der Waals surface area (Å²) in [4.78, 5) is 0. The molecule has 0 radical (unpaired) electrons. The summed E-state index contributed by atoms with van der Waals surface area (Å²) in [5.74, 6) is -0.173. The molecule has 0 aliphatic rings. The highest BCUT2D eigenvalue weighted by molar-refractivity contribution is 5.49. The number of hydrogen-bond donors (Lipinski definition) is 2. The summed E-state index contributed by atoms with van der Waals surface area (Å²) >= 11 is 0. The van der Waals surface area contributed by atoms with Crippen molar-refractivity contribution >= 4 is 5.69 Å². The Bertz CT molecular complexity index is 543. The van der Waals surface area contributed by atoms with E-state index in [2.05, 4.69) is 5.32 Å². The number of hydrogen-bond acceptors (Lipinski definition) is 3. The van der Waals surface area contributed by atoms with E-state index in [9.17, 15) is 4.39 Å². The van der Waals surface area contributed by atoms with Crippen LogP contribution in [0.15, 0.2) is 42.5 Å². The summed E-state index contributed by atoms with van der Waals surface area (Å²) in [5.41, 5.74) is 7.75. The van der Waals surface area contributed by atoms with Gasteiger partial charge in [0.2, 0.25) is 0 Å². The van der Waals surface area contributed by atoms with Crippen LogP contribution in [-0.2, 0) is 13.2 Å². The van der Waals surface area contributed by atoms with Crippen LogP contribution in [0.3, 0.4) is 0 Å². The Morgan fingerprint density at radius 1 is 1.21 bits per heavy atom. The Morgan fingerprint density at radius 2 is 1.95 bits per heavy atom. The first-order chi connectivity index (χ1) is 9.20. The van der Waals surface area contributed by atoms with Gasteiger partial charge in [-0.05, 0) is 18.7 Å². The molecule has 0 bridgehead atoms. The fourth-order valence-corrected chi connectivity index (χ4v) is 1.89. The van der Waals surface area contributed by atoms with Crippen molar-refractivity contribution in [3.63, 3.8) is 0 Å². The van der Waals surface area contributed by atoms with E-state index < -0.39 is 5.82 Å². The van der Waals surface area contributed by atoms with Crippen LogP contribution >= 0.6 is 0 Å². The van der Waals surface area contributed by atoms with Crippen LogP contribution in [0.2, 0.25) is 0 Å². The Hall–Kier alpha value is -2.07. The molecule has 3 nitrogen and oxygen atoms in total. The first-order valence-corrected chi connectivity index (χ1v) is 6.10. The van der Waals surface area contributed by atoms with Gasteiger partial charge < -0.3 is 15.8 Å². The van der Waals surface area contributed by atoms with Crippen LogP contribution in [0.25, 0.3) is 0 Å². The van der Waals surface area contributed by atoms with E-state index in [4.69, 9.17) is 10.5 Å². The molecular weight excluding hydrogens is 243 g/mol. The molecular formula is C15H17FN2O. The van der Waals surface area contributed by atoms with E-state index in [1.165, 1.54) is 6.07 Å². The van der Waals surface area contributed by atoms with Crippen molar-refractivity contribution in [3.05, 3.63) is 59.4 Å². The first kappa shape index (κ1) is 13.4. The molecule has 0 amide bonds. The van der Waals surface area contributed by atoms with Crippen LogP contribution in [-0.4, -0.2) is 7.05 Å². The molecule has 0 saturated carbocycles. The minimum atomic E-state index is -0.429. The van der Waals surface area contributed by atoms with E-state index in [-0.39, 0.29) is 5.75 Å². The predicted octanol–water partition coefficient (Wildman–Crippen LogP) is 2.71. The smallest absolute Gasteiger partial charge is 0.167 e. The molecule has 3 N–H and O–H groups in total. The maximum absolute atomic E-state index is 13.9. The minimum absolute atomic E-state index is 0.257. The largest absolute Gasteiger partial charge is 0.485 e. The van der Waals surface area contributed by atoms with E-state index in [1.54, 1.807) is 13.1 Å². The molecule has 0 unspecified atom stereocenters. The lowest BCUT2D eigenvalue weighted by Gasteiger charge is -2.13. The summed E-state index contributed by atoms with van der Waals surface area (Å²) in [6.07, 6.45) is 0. The number of nitrogens with one attached hydrogen (secondary N) is 1. The molecule has 0 aliphatic heterocycles. The lowest BCUT2D eigenvalue weighted by molar-refractivity contribution is 0.286. The number of nitrogen functional groups attached to an aromatic ring is 1. The normalized spacial score (nSPS) is 10.4. The van der Waals surface area contributed by atoms with Crippen molar-refractivity contribution in [1.29, 1.82) is 0 Å². The predicted molar refractivity (Wildman–Crippen MR) is 74.4 cm³/mol. The standard InChI is InChI=1S/C15H17FN2O/c1-18-9-12-7-13(17)8-14(16)15(12)19-10-11-5-3-2-4-6-11/h2-8,18H,9-10,17H2,1H3. The highest BCUT2D eigenvalue weighted by Crippen LogP contribution is 2.26. The van der Waals surface area contributed by atoms with Gasteiger partial charge in [-0.15, -0.1) is 0 Å². The fraction of sp³-hybridized carbons (Fsp3) is 0.200. The molecule has 0 spiro atoms. The van der Waals surface area contributed by atoms with E-state index >= 15 is 0 Å². The van der Waals surface area contributed by atoms with Gasteiger partial charge in [0.05, 0.1) is 0 Å². The Balaban J connectivity index is 2.19. The van der Waals surface area contributed by atoms with Gasteiger partial charge in [-0.1, -0.05) is 30.3 Å². The molecule has 0 saturated heterocycles. The average Bonchev–Trinajstić information content (AvgIpc) is 2.39. The second-order valence-corrected chi connectivity index (χ2v) is 4.30. The average molecular weight is 260 g/mol. The third-order valence-electron chi connectivity index (χ3n) is 2.74. The van der Waals surface area contributed by atoms with Crippen molar-refractivity contribution in [2.45, 2.75) is 13.2 Å². The van der Waals surface area contributed by atoms with Crippen LogP contribution < -0.4 is 15.8 Å². The highest BCUT2D eigenvalue weighted by atomic mass is 19.1. The number of ether oxygens (including phenoxy) is 1. The molecule has 2 aromatic carbocycles. The monoisotopic (exact) mass is 260 g/mol. The van der Waals surface area contributed by atoms with Gasteiger partial charge in [-0.25, -0.2) is 4.39 Å². The maximum atomic E-state index is 13.9. The van der Waals surface area contributed by atoms with Crippen LogP contribution in [0.1, 0.15) is 11.1 Å².